The molecule has 0 aliphatic heterocycles. The summed E-state index contributed by atoms with van der Waals surface area (Å²) in [5.74, 6) is 0. The van der Waals surface area contributed by atoms with Crippen molar-refractivity contribution in [3.63, 3.8) is 0 Å². The molecule has 0 aliphatic carbocycles. The smallest absolute Gasteiger partial charge is 0.335 e. The summed E-state index contributed by atoms with van der Waals surface area (Å²) in [6, 6.07) is 0. The lowest BCUT2D eigenvalue weighted by Gasteiger charge is -2.23. The van der Waals surface area contributed by atoms with Crippen LogP contribution >= 0.6 is 7.60 Å². The number of rotatable bonds is 12. The largest absolute Gasteiger partial charge is 0.352 e. The van der Waals surface area contributed by atoms with Crippen molar-refractivity contribution in [1.82, 2.24) is 0 Å². The molecule has 5 nitrogen and oxygen atoms in total. The number of hydrogen-bond acceptors (Lipinski definition) is 5. The van der Waals surface area contributed by atoms with Crippen molar-refractivity contribution in [2.24, 2.45) is 0 Å². The minimum Gasteiger partial charge on any atom is -0.352 e. The normalized spacial score (nSPS) is 12.3. The van der Waals surface area contributed by atoms with Crippen molar-refractivity contribution >= 4 is 7.60 Å². The zero-order chi connectivity index (χ0) is 13.9. The third kappa shape index (κ3) is 8.22. The molecule has 0 radical (unpaired) electrons. The van der Waals surface area contributed by atoms with E-state index in [2.05, 4.69) is 0 Å². The van der Waals surface area contributed by atoms with E-state index in [1.165, 1.54) is 0 Å². The van der Waals surface area contributed by atoms with E-state index in [-0.39, 0.29) is 6.16 Å². The Morgan fingerprint density at radius 3 is 1.67 bits per heavy atom. The fraction of sp³-hybridized carbons (Fsp3) is 1.00. The fourth-order valence-electron chi connectivity index (χ4n) is 1.31. The summed E-state index contributed by atoms with van der Waals surface area (Å²) < 4.78 is 34.0. The van der Waals surface area contributed by atoms with Crippen molar-refractivity contribution in [3.05, 3.63) is 0 Å². The molecule has 0 saturated heterocycles. The van der Waals surface area contributed by atoms with Crippen LogP contribution in [-0.4, -0.2) is 38.9 Å². The Hall–Kier alpha value is 0.0700. The molecule has 0 aromatic heterocycles. The topological polar surface area (TPSA) is 54.0 Å². The summed E-state index contributed by atoms with van der Waals surface area (Å²) >= 11 is 0. The van der Waals surface area contributed by atoms with Crippen LogP contribution in [0.25, 0.3) is 0 Å². The molecule has 0 aromatic rings. The second kappa shape index (κ2) is 10.9. The van der Waals surface area contributed by atoms with E-state index < -0.39 is 13.9 Å². The average molecular weight is 282 g/mol. The maximum absolute atomic E-state index is 12.5. The molecular weight excluding hydrogens is 255 g/mol. The van der Waals surface area contributed by atoms with E-state index in [0.29, 0.717) is 26.4 Å². The van der Waals surface area contributed by atoms with Gasteiger partial charge in [-0.2, -0.15) is 0 Å². The molecule has 0 spiro atoms. The van der Waals surface area contributed by atoms with Gasteiger partial charge in [-0.3, -0.25) is 4.57 Å². The molecule has 0 rings (SSSR count). The van der Waals surface area contributed by atoms with Gasteiger partial charge in [-0.15, -0.1) is 0 Å². The van der Waals surface area contributed by atoms with Crippen molar-refractivity contribution in [2.75, 3.05) is 32.6 Å². The first-order chi connectivity index (χ1) is 8.61. The van der Waals surface area contributed by atoms with Gasteiger partial charge in [0.15, 0.2) is 6.29 Å². The van der Waals surface area contributed by atoms with Crippen LogP contribution in [0.2, 0.25) is 0 Å². The van der Waals surface area contributed by atoms with E-state index in [1.807, 2.05) is 27.7 Å². The first kappa shape index (κ1) is 18.1. The van der Waals surface area contributed by atoms with Crippen molar-refractivity contribution in [3.8, 4) is 0 Å². The Morgan fingerprint density at radius 1 is 0.889 bits per heavy atom. The van der Waals surface area contributed by atoms with Crippen molar-refractivity contribution in [2.45, 2.75) is 46.8 Å². The van der Waals surface area contributed by atoms with Gasteiger partial charge < -0.3 is 18.5 Å². The quantitative estimate of drug-likeness (QED) is 0.405. The number of hydrogen-bond donors (Lipinski definition) is 0. The summed E-state index contributed by atoms with van der Waals surface area (Å²) in [4.78, 5) is 0. The lowest BCUT2D eigenvalue weighted by Crippen LogP contribution is -2.23. The molecule has 0 fully saturated rings. The van der Waals surface area contributed by atoms with E-state index in [1.54, 1.807) is 0 Å². The van der Waals surface area contributed by atoms with Crippen LogP contribution in [0.1, 0.15) is 40.5 Å². The van der Waals surface area contributed by atoms with Crippen LogP contribution in [0.3, 0.4) is 0 Å². The van der Waals surface area contributed by atoms with Gasteiger partial charge in [0.05, 0.1) is 13.2 Å². The maximum atomic E-state index is 12.5. The molecule has 0 unspecified atom stereocenters. The molecule has 0 heterocycles. The summed E-state index contributed by atoms with van der Waals surface area (Å²) in [6.45, 7) is 9.53. The Balaban J connectivity index is 4.46. The molecule has 0 saturated carbocycles. The van der Waals surface area contributed by atoms with Crippen LogP contribution in [-0.2, 0) is 23.1 Å². The summed E-state index contributed by atoms with van der Waals surface area (Å²) in [5.41, 5.74) is 0. The SMILES string of the molecule is CCCOP(=O)(CC(OCC)OCC)OCCC. The van der Waals surface area contributed by atoms with Crippen LogP contribution in [0.5, 0.6) is 0 Å². The molecule has 18 heavy (non-hydrogen) atoms. The lowest BCUT2D eigenvalue weighted by atomic mass is 10.5. The minimum absolute atomic E-state index is 0.147. The van der Waals surface area contributed by atoms with Crippen LogP contribution in [0.4, 0.5) is 0 Å². The molecule has 0 aromatic carbocycles. The van der Waals surface area contributed by atoms with Gasteiger partial charge in [0.2, 0.25) is 0 Å². The van der Waals surface area contributed by atoms with Crippen LogP contribution in [0.15, 0.2) is 0 Å². The third-order valence-corrected chi connectivity index (χ3v) is 3.96. The predicted molar refractivity (Wildman–Crippen MR) is 72.0 cm³/mol. The molecule has 6 heteroatoms. The van der Waals surface area contributed by atoms with E-state index in [4.69, 9.17) is 18.5 Å². The molecule has 0 amide bonds. The summed E-state index contributed by atoms with van der Waals surface area (Å²) in [6.07, 6.45) is 1.22. The fourth-order valence-corrected chi connectivity index (χ4v) is 3.09. The number of ether oxygens (including phenoxy) is 2. The second-order valence-corrected chi connectivity index (χ2v) is 5.90. The molecule has 110 valence electrons. The maximum Gasteiger partial charge on any atom is 0.335 e. The zero-order valence-corrected chi connectivity index (χ0v) is 12.9. The van der Waals surface area contributed by atoms with E-state index in [0.717, 1.165) is 12.8 Å². The van der Waals surface area contributed by atoms with Crippen molar-refractivity contribution < 1.29 is 23.1 Å². The highest BCUT2D eigenvalue weighted by Crippen LogP contribution is 2.49. The highest BCUT2D eigenvalue weighted by atomic mass is 31.2. The Morgan fingerprint density at radius 2 is 1.33 bits per heavy atom. The van der Waals surface area contributed by atoms with Crippen LogP contribution < -0.4 is 0 Å². The first-order valence-corrected chi connectivity index (χ1v) is 8.45. The Kier molecular flexibility index (Phi) is 11.0. The average Bonchev–Trinajstić information content (AvgIpc) is 2.35. The standard InChI is InChI=1S/C12H27O5P/c1-5-9-16-18(13,17-10-6-2)11-12(14-7-3)15-8-4/h12H,5-11H2,1-4H3. The van der Waals surface area contributed by atoms with Crippen molar-refractivity contribution in [1.29, 1.82) is 0 Å². The molecule has 0 atom stereocenters. The first-order valence-electron chi connectivity index (χ1n) is 6.73. The highest BCUT2D eigenvalue weighted by Gasteiger charge is 2.29. The summed E-state index contributed by atoms with van der Waals surface area (Å²) in [7, 11) is -3.12. The lowest BCUT2D eigenvalue weighted by molar-refractivity contribution is -0.123. The zero-order valence-electron chi connectivity index (χ0n) is 12.0. The van der Waals surface area contributed by atoms with Gasteiger partial charge >= 0.3 is 7.60 Å². The van der Waals surface area contributed by atoms with Crippen LogP contribution in [0, 0.1) is 0 Å². The monoisotopic (exact) mass is 282 g/mol. The summed E-state index contributed by atoms with van der Waals surface area (Å²) in [5, 5.41) is 0. The van der Waals surface area contributed by atoms with Gasteiger partial charge in [-0.05, 0) is 26.7 Å². The minimum atomic E-state index is -3.12. The van der Waals surface area contributed by atoms with Gasteiger partial charge in [-0.1, -0.05) is 13.8 Å². The molecule has 0 bridgehead atoms. The molecule has 0 aliphatic rings. The Labute approximate surface area is 111 Å². The van der Waals surface area contributed by atoms with E-state index in [9.17, 15) is 4.57 Å². The highest BCUT2D eigenvalue weighted by molar-refractivity contribution is 7.53. The van der Waals surface area contributed by atoms with Gasteiger partial charge in [0, 0.05) is 13.2 Å². The Bertz CT molecular complexity index is 217. The molecule has 0 N–H and O–H groups in total. The predicted octanol–water partition coefficient (Wildman–Crippen LogP) is 3.43. The third-order valence-electron chi connectivity index (χ3n) is 2.06. The van der Waals surface area contributed by atoms with E-state index >= 15 is 0 Å². The van der Waals surface area contributed by atoms with Gasteiger partial charge in [0.25, 0.3) is 0 Å². The van der Waals surface area contributed by atoms with Gasteiger partial charge in [-0.25, -0.2) is 0 Å². The second-order valence-electron chi connectivity index (χ2n) is 3.80. The molecular formula is C12H27O5P. The van der Waals surface area contributed by atoms with Gasteiger partial charge in [0.1, 0.15) is 6.16 Å².